The summed E-state index contributed by atoms with van der Waals surface area (Å²) in [6.45, 7) is 0. The van der Waals surface area contributed by atoms with Crippen LogP contribution in [0, 0.1) is 0 Å². The molecule has 0 aliphatic rings. The first-order valence-electron chi connectivity index (χ1n) is 4.94. The van der Waals surface area contributed by atoms with Crippen molar-refractivity contribution in [2.75, 3.05) is 0 Å². The minimum atomic E-state index is 0.721. The first kappa shape index (κ1) is 9.20. The van der Waals surface area contributed by atoms with Gasteiger partial charge in [0.1, 0.15) is 5.69 Å². The van der Waals surface area contributed by atoms with Crippen LogP contribution in [0.5, 0.6) is 0 Å². The molecule has 17 heavy (non-hydrogen) atoms. The number of hydrogen-bond donors (Lipinski definition) is 0. The lowest BCUT2D eigenvalue weighted by Crippen LogP contribution is -1.74. The number of hydrogen-bond acceptors (Lipinski definition) is 6. The predicted molar refractivity (Wildman–Crippen MR) is 67.3 cm³/mol. The average Bonchev–Trinajstić information content (AvgIpc) is 3.03. The van der Waals surface area contributed by atoms with Crippen molar-refractivity contribution in [2.24, 2.45) is 0 Å². The van der Waals surface area contributed by atoms with E-state index in [1.807, 2.05) is 28.1 Å². The van der Waals surface area contributed by atoms with Gasteiger partial charge in [-0.15, -0.1) is 0 Å². The van der Waals surface area contributed by atoms with E-state index in [4.69, 9.17) is 0 Å². The molecule has 0 fully saturated rings. The van der Waals surface area contributed by atoms with E-state index in [2.05, 4.69) is 18.7 Å². The summed E-state index contributed by atoms with van der Waals surface area (Å²) < 4.78 is 10.2. The van der Waals surface area contributed by atoms with Crippen molar-refractivity contribution < 1.29 is 0 Å². The zero-order valence-electron chi connectivity index (χ0n) is 8.44. The van der Waals surface area contributed by atoms with Gasteiger partial charge in [0.2, 0.25) is 5.78 Å². The number of para-hydroxylation sites is 2. The summed E-state index contributed by atoms with van der Waals surface area (Å²) in [5, 5.41) is 0.854. The second-order valence-electron chi connectivity index (χ2n) is 3.50. The highest BCUT2D eigenvalue weighted by molar-refractivity contribution is 7.10. The maximum Gasteiger partial charge on any atom is 0.246 e. The van der Waals surface area contributed by atoms with E-state index < -0.39 is 0 Å². The molecule has 0 saturated carbocycles. The summed E-state index contributed by atoms with van der Waals surface area (Å²) >= 11 is 2.73. The molecule has 0 amide bonds. The SMILES string of the molecule is c1ccc2c(c1)nc1nc(-c3cnsn3)sn12. The molecule has 3 aromatic heterocycles. The van der Waals surface area contributed by atoms with E-state index in [9.17, 15) is 0 Å². The van der Waals surface area contributed by atoms with E-state index in [0.29, 0.717) is 0 Å². The highest BCUT2D eigenvalue weighted by Crippen LogP contribution is 2.26. The van der Waals surface area contributed by atoms with Crippen LogP contribution in [0.25, 0.3) is 27.5 Å². The molecular weight excluding hydrogens is 254 g/mol. The maximum atomic E-state index is 4.47. The van der Waals surface area contributed by atoms with Crippen LogP contribution in [0.15, 0.2) is 30.5 Å². The van der Waals surface area contributed by atoms with Crippen LogP contribution in [0.2, 0.25) is 0 Å². The number of nitrogens with zero attached hydrogens (tertiary/aromatic N) is 5. The molecule has 3 heterocycles. The first-order chi connectivity index (χ1) is 8.42. The summed E-state index contributed by atoms with van der Waals surface area (Å²) in [4.78, 5) is 8.93. The largest absolute Gasteiger partial charge is 0.246 e. The molecule has 4 aromatic rings. The smallest absolute Gasteiger partial charge is 0.229 e. The number of benzene rings is 1. The van der Waals surface area contributed by atoms with Gasteiger partial charge in [-0.2, -0.15) is 13.7 Å². The molecule has 5 nitrogen and oxygen atoms in total. The quantitative estimate of drug-likeness (QED) is 0.527. The van der Waals surface area contributed by atoms with Crippen LogP contribution >= 0.6 is 23.3 Å². The molecule has 82 valence electrons. The highest BCUT2D eigenvalue weighted by Gasteiger charge is 2.12. The van der Waals surface area contributed by atoms with Gasteiger partial charge in [0.25, 0.3) is 0 Å². The summed E-state index contributed by atoms with van der Waals surface area (Å²) in [6, 6.07) is 8.00. The maximum absolute atomic E-state index is 4.47. The molecule has 0 spiro atoms. The van der Waals surface area contributed by atoms with Crippen molar-refractivity contribution in [1.82, 2.24) is 22.5 Å². The number of fused-ring (bicyclic) bond motifs is 3. The van der Waals surface area contributed by atoms with Gasteiger partial charge in [0.05, 0.1) is 29.0 Å². The molecular formula is C10H5N5S2. The van der Waals surface area contributed by atoms with E-state index in [1.165, 1.54) is 23.3 Å². The Hall–Kier alpha value is -1.86. The van der Waals surface area contributed by atoms with Crippen molar-refractivity contribution in [2.45, 2.75) is 0 Å². The molecule has 4 rings (SSSR count). The lowest BCUT2D eigenvalue weighted by atomic mass is 10.3. The van der Waals surface area contributed by atoms with Crippen LogP contribution in [0.3, 0.4) is 0 Å². The van der Waals surface area contributed by atoms with E-state index >= 15 is 0 Å². The topological polar surface area (TPSA) is 56.0 Å². The fourth-order valence-corrected chi connectivity index (χ4v) is 3.09. The van der Waals surface area contributed by atoms with Crippen LogP contribution < -0.4 is 0 Å². The van der Waals surface area contributed by atoms with E-state index in [1.54, 1.807) is 6.20 Å². The van der Waals surface area contributed by atoms with Crippen molar-refractivity contribution in [3.63, 3.8) is 0 Å². The molecule has 0 bridgehead atoms. The zero-order valence-corrected chi connectivity index (χ0v) is 10.1. The van der Waals surface area contributed by atoms with Gasteiger partial charge in [-0.3, -0.25) is 0 Å². The molecule has 0 aliphatic heterocycles. The van der Waals surface area contributed by atoms with Gasteiger partial charge in [-0.1, -0.05) is 12.1 Å². The van der Waals surface area contributed by atoms with Crippen LogP contribution in [-0.4, -0.2) is 22.5 Å². The van der Waals surface area contributed by atoms with Gasteiger partial charge < -0.3 is 0 Å². The lowest BCUT2D eigenvalue weighted by Gasteiger charge is -1.87. The Morgan fingerprint density at radius 2 is 2.06 bits per heavy atom. The minimum absolute atomic E-state index is 0.721. The molecule has 7 heteroatoms. The average molecular weight is 259 g/mol. The van der Waals surface area contributed by atoms with E-state index in [-0.39, 0.29) is 0 Å². The fraction of sp³-hybridized carbons (Fsp3) is 0. The summed E-state index contributed by atoms with van der Waals surface area (Å²) in [5.41, 5.74) is 2.86. The monoisotopic (exact) mass is 259 g/mol. The Balaban J connectivity index is 2.05. The fourth-order valence-electron chi connectivity index (χ4n) is 1.71. The summed E-state index contributed by atoms with van der Waals surface area (Å²) in [7, 11) is 0. The van der Waals surface area contributed by atoms with Gasteiger partial charge in [0, 0.05) is 0 Å². The normalized spacial score (nSPS) is 11.5. The zero-order chi connectivity index (χ0) is 11.2. The Morgan fingerprint density at radius 3 is 2.94 bits per heavy atom. The molecule has 0 unspecified atom stereocenters. The van der Waals surface area contributed by atoms with Crippen molar-refractivity contribution in [3.05, 3.63) is 30.5 Å². The second-order valence-corrected chi connectivity index (χ2v) is 4.99. The standard InChI is InChI=1S/C10H5N5S2/c1-2-4-8-6(3-1)12-10-13-9(16-15(8)10)7-5-11-17-14-7/h1-5H. The highest BCUT2D eigenvalue weighted by atomic mass is 32.1. The van der Waals surface area contributed by atoms with Gasteiger partial charge >= 0.3 is 0 Å². The molecule has 0 N–H and O–H groups in total. The molecule has 0 radical (unpaired) electrons. The molecule has 0 saturated heterocycles. The third-order valence-corrected chi connectivity index (χ3v) is 3.96. The Bertz CT molecular complexity index is 799. The van der Waals surface area contributed by atoms with Crippen LogP contribution in [0.1, 0.15) is 0 Å². The lowest BCUT2D eigenvalue weighted by molar-refractivity contribution is 1.29. The van der Waals surface area contributed by atoms with Crippen LogP contribution in [0.4, 0.5) is 0 Å². The van der Waals surface area contributed by atoms with Gasteiger partial charge in [-0.05, 0) is 23.7 Å². The number of imidazole rings is 1. The Labute approximate surface area is 104 Å². The summed E-state index contributed by atoms with van der Waals surface area (Å²) in [5.74, 6) is 0.721. The molecule has 1 aromatic carbocycles. The Kier molecular flexibility index (Phi) is 1.79. The third kappa shape index (κ3) is 1.29. The first-order valence-corrected chi connectivity index (χ1v) is 6.45. The van der Waals surface area contributed by atoms with Crippen molar-refractivity contribution in [1.29, 1.82) is 0 Å². The van der Waals surface area contributed by atoms with Crippen molar-refractivity contribution in [3.8, 4) is 10.7 Å². The molecule has 0 aliphatic carbocycles. The van der Waals surface area contributed by atoms with Crippen LogP contribution in [-0.2, 0) is 0 Å². The minimum Gasteiger partial charge on any atom is -0.229 e. The van der Waals surface area contributed by atoms with Gasteiger partial charge in [0.15, 0.2) is 5.01 Å². The second kappa shape index (κ2) is 3.31. The van der Waals surface area contributed by atoms with Crippen molar-refractivity contribution >= 4 is 40.1 Å². The summed E-state index contributed by atoms with van der Waals surface area (Å²) in [6.07, 6.45) is 1.73. The predicted octanol–water partition coefficient (Wildman–Crippen LogP) is 2.46. The Morgan fingerprint density at radius 1 is 1.12 bits per heavy atom. The third-order valence-electron chi connectivity index (χ3n) is 2.46. The number of rotatable bonds is 1. The van der Waals surface area contributed by atoms with E-state index in [0.717, 1.165) is 27.5 Å². The molecule has 0 atom stereocenters. The number of aromatic nitrogens is 5. The van der Waals surface area contributed by atoms with Gasteiger partial charge in [-0.25, -0.2) is 8.77 Å².